The summed E-state index contributed by atoms with van der Waals surface area (Å²) in [5.74, 6) is -1.57. The Kier molecular flexibility index (Phi) is 10.1. The molecule has 0 aliphatic rings. The van der Waals surface area contributed by atoms with Crippen molar-refractivity contribution in [1.29, 1.82) is 0 Å². The Morgan fingerprint density at radius 1 is 0.814 bits per heavy atom. The molecular formula is C32H31F2N3O5S. The molecule has 0 unspecified atom stereocenters. The van der Waals surface area contributed by atoms with E-state index >= 15 is 0 Å². The molecule has 4 aromatic rings. The van der Waals surface area contributed by atoms with Gasteiger partial charge in [0.1, 0.15) is 23.4 Å². The number of rotatable bonds is 12. The lowest BCUT2D eigenvalue weighted by Gasteiger charge is -2.28. The number of hydrogen-bond acceptors (Lipinski definition) is 5. The molecule has 8 nitrogen and oxygen atoms in total. The van der Waals surface area contributed by atoms with E-state index in [0.717, 1.165) is 23.3 Å². The molecule has 0 aliphatic carbocycles. The van der Waals surface area contributed by atoms with Gasteiger partial charge >= 0.3 is 0 Å². The zero-order valence-corrected chi connectivity index (χ0v) is 24.4. The minimum atomic E-state index is -3.95. The average molecular weight is 608 g/mol. The van der Waals surface area contributed by atoms with Gasteiger partial charge in [-0.3, -0.25) is 14.3 Å². The largest absolute Gasteiger partial charge is 0.484 e. The third-order valence-electron chi connectivity index (χ3n) is 6.61. The van der Waals surface area contributed by atoms with Crippen LogP contribution in [0.2, 0.25) is 0 Å². The van der Waals surface area contributed by atoms with E-state index in [4.69, 9.17) is 4.74 Å². The van der Waals surface area contributed by atoms with Crippen LogP contribution in [0.25, 0.3) is 0 Å². The summed E-state index contributed by atoms with van der Waals surface area (Å²) >= 11 is 0. The maximum Gasteiger partial charge on any atom is 0.261 e. The number of anilines is 1. The lowest BCUT2D eigenvalue weighted by atomic mass is 10.1. The van der Waals surface area contributed by atoms with Gasteiger partial charge in [0.15, 0.2) is 6.61 Å². The molecule has 0 aliphatic heterocycles. The summed E-state index contributed by atoms with van der Waals surface area (Å²) in [6, 6.07) is 22.7. The van der Waals surface area contributed by atoms with Gasteiger partial charge in [-0.1, -0.05) is 42.0 Å². The van der Waals surface area contributed by atoms with Gasteiger partial charge < -0.3 is 15.0 Å². The Bertz CT molecular complexity index is 1650. The molecule has 1 atom stereocenters. The summed E-state index contributed by atoms with van der Waals surface area (Å²) in [6.07, 6.45) is 0. The van der Waals surface area contributed by atoms with Crippen LogP contribution in [-0.4, -0.2) is 37.8 Å². The molecule has 0 aromatic heterocycles. The highest BCUT2D eigenvalue weighted by atomic mass is 32.2. The molecule has 0 spiro atoms. The van der Waals surface area contributed by atoms with Crippen LogP contribution >= 0.6 is 0 Å². The molecule has 43 heavy (non-hydrogen) atoms. The van der Waals surface area contributed by atoms with Gasteiger partial charge in [-0.15, -0.1) is 0 Å². The number of aryl methyl sites for hydroxylation is 1. The highest BCUT2D eigenvalue weighted by Crippen LogP contribution is 2.20. The number of nitrogens with one attached hydrogen (secondary N) is 2. The van der Waals surface area contributed by atoms with Crippen LogP contribution in [0.5, 0.6) is 5.75 Å². The van der Waals surface area contributed by atoms with E-state index in [1.807, 2.05) is 31.2 Å². The second kappa shape index (κ2) is 13.9. The maximum atomic E-state index is 13.5. The Hall–Kier alpha value is -4.77. The summed E-state index contributed by atoms with van der Waals surface area (Å²) in [5.41, 5.74) is 2.82. The monoisotopic (exact) mass is 607 g/mol. The molecule has 0 radical (unpaired) electrons. The van der Waals surface area contributed by atoms with Crippen molar-refractivity contribution in [3.63, 3.8) is 0 Å². The summed E-state index contributed by atoms with van der Waals surface area (Å²) in [6.45, 7) is 3.45. The molecule has 224 valence electrons. The maximum absolute atomic E-state index is 13.5. The number of carbonyl (C=O) groups is 2. The first-order valence-electron chi connectivity index (χ1n) is 13.4. The van der Waals surface area contributed by atoms with Crippen LogP contribution in [0.4, 0.5) is 14.5 Å². The number of sulfonamides is 1. The third kappa shape index (κ3) is 8.86. The molecule has 0 fully saturated rings. The van der Waals surface area contributed by atoms with Crippen molar-refractivity contribution >= 4 is 27.5 Å². The average Bonchev–Trinajstić information content (AvgIpc) is 3.00. The van der Waals surface area contributed by atoms with Gasteiger partial charge in [0.05, 0.1) is 4.90 Å². The van der Waals surface area contributed by atoms with Gasteiger partial charge in [0.25, 0.3) is 15.9 Å². The van der Waals surface area contributed by atoms with Gasteiger partial charge in [0, 0.05) is 18.8 Å². The lowest BCUT2D eigenvalue weighted by molar-refractivity contribution is -0.142. The number of hydrogen-bond donors (Lipinski definition) is 2. The number of nitrogens with zero attached hydrogens (tertiary/aromatic N) is 1. The summed E-state index contributed by atoms with van der Waals surface area (Å²) in [4.78, 5) is 27.6. The smallest absolute Gasteiger partial charge is 0.261 e. The Labute approximate surface area is 249 Å². The number of benzene rings is 4. The molecule has 11 heteroatoms. The summed E-state index contributed by atoms with van der Waals surface area (Å²) < 4.78 is 60.0. The minimum absolute atomic E-state index is 0.0355. The highest BCUT2D eigenvalue weighted by molar-refractivity contribution is 7.92. The molecule has 0 saturated heterocycles. The van der Waals surface area contributed by atoms with Crippen LogP contribution in [0.1, 0.15) is 23.6 Å². The standard InChI is InChI=1S/C32H31F2N3O5S/c1-22-3-5-24(6-4-22)19-35-32(39)23(2)37(20-25-7-9-26(33)10-8-25)31(38)21-42-29-15-17-30(18-16-29)43(40,41)36-28-13-11-27(34)12-14-28/h3-18,23,36H,19-21H2,1-2H3,(H,35,39)/t23-/m1/s1. The second-order valence-electron chi connectivity index (χ2n) is 9.90. The lowest BCUT2D eigenvalue weighted by Crippen LogP contribution is -2.48. The molecule has 0 bridgehead atoms. The first-order valence-corrected chi connectivity index (χ1v) is 14.9. The van der Waals surface area contributed by atoms with Gasteiger partial charge in [0.2, 0.25) is 5.91 Å². The van der Waals surface area contributed by atoms with E-state index in [-0.39, 0.29) is 35.3 Å². The van der Waals surface area contributed by atoms with Crippen molar-refractivity contribution in [3.05, 3.63) is 125 Å². The van der Waals surface area contributed by atoms with Gasteiger partial charge in [-0.25, -0.2) is 17.2 Å². The van der Waals surface area contributed by atoms with E-state index in [9.17, 15) is 26.8 Å². The van der Waals surface area contributed by atoms with E-state index in [1.165, 1.54) is 65.6 Å². The van der Waals surface area contributed by atoms with Crippen molar-refractivity contribution in [1.82, 2.24) is 10.2 Å². The van der Waals surface area contributed by atoms with Gasteiger partial charge in [-0.2, -0.15) is 0 Å². The molecule has 4 rings (SSSR count). The zero-order chi connectivity index (χ0) is 31.0. The van der Waals surface area contributed by atoms with E-state index < -0.39 is 40.2 Å². The highest BCUT2D eigenvalue weighted by Gasteiger charge is 2.26. The minimum Gasteiger partial charge on any atom is -0.484 e. The predicted molar refractivity (Wildman–Crippen MR) is 159 cm³/mol. The molecule has 0 heterocycles. The fourth-order valence-corrected chi connectivity index (χ4v) is 5.15. The normalized spacial score (nSPS) is 11.8. The molecule has 0 saturated carbocycles. The van der Waals surface area contributed by atoms with Crippen LogP contribution in [0.15, 0.2) is 102 Å². The third-order valence-corrected chi connectivity index (χ3v) is 8.01. The number of amides is 2. The Balaban J connectivity index is 1.41. The fourth-order valence-electron chi connectivity index (χ4n) is 4.09. The number of carbonyl (C=O) groups excluding carboxylic acids is 2. The summed E-state index contributed by atoms with van der Waals surface area (Å²) in [5, 5.41) is 2.85. The molecule has 2 amide bonds. The van der Waals surface area contributed by atoms with Gasteiger partial charge in [-0.05, 0) is 85.6 Å². The SMILES string of the molecule is Cc1ccc(CNC(=O)[C@@H](C)N(Cc2ccc(F)cc2)C(=O)COc2ccc(S(=O)(=O)Nc3ccc(F)cc3)cc2)cc1. The molecule has 2 N–H and O–H groups in total. The van der Waals surface area contributed by atoms with Crippen LogP contribution in [0.3, 0.4) is 0 Å². The topological polar surface area (TPSA) is 105 Å². The molecule has 4 aromatic carbocycles. The van der Waals surface area contributed by atoms with Crippen molar-refractivity contribution < 1.29 is 31.5 Å². The number of ether oxygens (including phenoxy) is 1. The van der Waals surface area contributed by atoms with Crippen molar-refractivity contribution in [2.75, 3.05) is 11.3 Å². The van der Waals surface area contributed by atoms with Crippen LogP contribution in [0, 0.1) is 18.6 Å². The molecular weight excluding hydrogens is 576 g/mol. The van der Waals surface area contributed by atoms with Crippen molar-refractivity contribution in [3.8, 4) is 5.75 Å². The summed E-state index contributed by atoms with van der Waals surface area (Å²) in [7, 11) is -3.95. The fraction of sp³-hybridized carbons (Fsp3) is 0.188. The quantitative estimate of drug-likeness (QED) is 0.231. The first-order chi connectivity index (χ1) is 20.5. The van der Waals surface area contributed by atoms with E-state index in [2.05, 4.69) is 10.0 Å². The number of halogens is 2. The predicted octanol–water partition coefficient (Wildman–Crippen LogP) is 5.19. The second-order valence-corrected chi connectivity index (χ2v) is 11.6. The zero-order valence-electron chi connectivity index (χ0n) is 23.6. The Morgan fingerprint density at radius 3 is 1.98 bits per heavy atom. The van der Waals surface area contributed by atoms with Crippen LogP contribution in [-0.2, 0) is 32.7 Å². The van der Waals surface area contributed by atoms with E-state index in [0.29, 0.717) is 5.56 Å². The van der Waals surface area contributed by atoms with E-state index in [1.54, 1.807) is 6.92 Å². The van der Waals surface area contributed by atoms with Crippen molar-refractivity contribution in [2.24, 2.45) is 0 Å². The van der Waals surface area contributed by atoms with Crippen LogP contribution < -0.4 is 14.8 Å². The Morgan fingerprint density at radius 2 is 1.37 bits per heavy atom. The first kappa shape index (κ1) is 31.2. The van der Waals surface area contributed by atoms with Crippen molar-refractivity contribution in [2.45, 2.75) is 37.9 Å².